The van der Waals surface area contributed by atoms with Gasteiger partial charge in [0, 0.05) is 16.5 Å². The Kier molecular flexibility index (Phi) is 6.90. The minimum atomic E-state index is -0.114. The molecule has 146 valence electrons. The topological polar surface area (TPSA) is 70.1 Å². The Hall–Kier alpha value is -2.57. The monoisotopic (exact) mass is 394 g/mol. The molecule has 28 heavy (non-hydrogen) atoms. The van der Waals surface area contributed by atoms with Crippen molar-refractivity contribution in [3.63, 3.8) is 0 Å². The summed E-state index contributed by atoms with van der Waals surface area (Å²) in [6.07, 6.45) is 2.05. The van der Waals surface area contributed by atoms with E-state index in [1.54, 1.807) is 11.8 Å². The van der Waals surface area contributed by atoms with Crippen LogP contribution in [0.3, 0.4) is 0 Å². The second-order valence-electron chi connectivity index (χ2n) is 6.83. The predicted molar refractivity (Wildman–Crippen MR) is 118 cm³/mol. The second-order valence-corrected chi connectivity index (χ2v) is 7.68. The van der Waals surface area contributed by atoms with Crippen LogP contribution in [0.2, 0.25) is 0 Å². The molecule has 3 aromatic rings. The fourth-order valence-electron chi connectivity index (χ4n) is 2.81. The molecule has 0 aliphatic heterocycles. The number of aliphatic hydroxyl groups excluding tert-OH is 1. The number of nitrogens with one attached hydrogen (secondary N) is 2. The molecule has 1 atom stereocenters. The third kappa shape index (κ3) is 5.03. The zero-order valence-corrected chi connectivity index (χ0v) is 17.2. The zero-order chi connectivity index (χ0) is 19.9. The number of anilines is 3. The largest absolute Gasteiger partial charge is 0.394 e. The molecule has 0 bridgehead atoms. The first-order valence-corrected chi connectivity index (χ1v) is 10.5. The first kappa shape index (κ1) is 20.2. The molecular weight excluding hydrogens is 368 g/mol. The van der Waals surface area contributed by atoms with Crippen molar-refractivity contribution in [2.45, 2.75) is 24.8 Å². The summed E-state index contributed by atoms with van der Waals surface area (Å²) < 4.78 is 0. The van der Waals surface area contributed by atoms with Crippen LogP contribution < -0.4 is 10.6 Å². The van der Waals surface area contributed by atoms with Gasteiger partial charge in [0.25, 0.3) is 0 Å². The molecule has 0 radical (unpaired) electrons. The van der Waals surface area contributed by atoms with Crippen molar-refractivity contribution in [1.82, 2.24) is 9.97 Å². The fourth-order valence-corrected chi connectivity index (χ4v) is 3.36. The van der Waals surface area contributed by atoms with Crippen LogP contribution in [0.4, 0.5) is 17.5 Å². The Labute approximate surface area is 170 Å². The molecule has 0 saturated carbocycles. The predicted octanol–water partition coefficient (Wildman–Crippen LogP) is 5.04. The molecule has 0 unspecified atom stereocenters. The first-order valence-electron chi connectivity index (χ1n) is 9.32. The molecule has 0 fully saturated rings. The van der Waals surface area contributed by atoms with E-state index >= 15 is 0 Å². The molecule has 0 saturated heterocycles. The van der Waals surface area contributed by atoms with Gasteiger partial charge in [0.05, 0.1) is 24.0 Å². The number of nitrogens with zero attached hydrogens (tertiary/aromatic N) is 2. The van der Waals surface area contributed by atoms with Crippen LogP contribution in [-0.4, -0.2) is 34.0 Å². The van der Waals surface area contributed by atoms with Gasteiger partial charge in [0.15, 0.2) is 0 Å². The van der Waals surface area contributed by atoms with Crippen molar-refractivity contribution in [2.75, 3.05) is 23.5 Å². The summed E-state index contributed by atoms with van der Waals surface area (Å²) in [5.74, 6) is 1.46. The summed E-state index contributed by atoms with van der Waals surface area (Å²) >= 11 is 1.68. The molecular formula is C22H26N4OS. The number of hydrogen-bond donors (Lipinski definition) is 3. The molecule has 0 spiro atoms. The maximum Gasteiger partial charge on any atom is 0.225 e. The average Bonchev–Trinajstić information content (AvgIpc) is 2.72. The molecule has 1 aromatic heterocycles. The van der Waals surface area contributed by atoms with Gasteiger partial charge in [-0.3, -0.25) is 0 Å². The molecule has 1 heterocycles. The van der Waals surface area contributed by atoms with Gasteiger partial charge in [-0.15, -0.1) is 11.8 Å². The summed E-state index contributed by atoms with van der Waals surface area (Å²) in [5, 5.41) is 16.4. The highest BCUT2D eigenvalue weighted by Gasteiger charge is 2.15. The summed E-state index contributed by atoms with van der Waals surface area (Å²) in [7, 11) is 0. The van der Waals surface area contributed by atoms with Gasteiger partial charge in [0.2, 0.25) is 5.95 Å². The van der Waals surface area contributed by atoms with E-state index in [9.17, 15) is 5.11 Å². The molecule has 2 aromatic carbocycles. The zero-order valence-electron chi connectivity index (χ0n) is 16.4. The van der Waals surface area contributed by atoms with E-state index in [1.807, 2.05) is 54.6 Å². The SMILES string of the molecule is CSc1ccccc1Nc1cc(-c2ccccc2)nc(N[C@H](CO)C(C)C)n1. The smallest absolute Gasteiger partial charge is 0.225 e. The minimum Gasteiger partial charge on any atom is -0.394 e. The highest BCUT2D eigenvalue weighted by Crippen LogP contribution is 2.29. The van der Waals surface area contributed by atoms with Crippen molar-refractivity contribution < 1.29 is 5.11 Å². The number of para-hydroxylation sites is 1. The van der Waals surface area contributed by atoms with Crippen LogP contribution in [0.1, 0.15) is 13.8 Å². The lowest BCUT2D eigenvalue weighted by atomic mass is 10.1. The van der Waals surface area contributed by atoms with E-state index in [2.05, 4.69) is 46.8 Å². The van der Waals surface area contributed by atoms with Crippen molar-refractivity contribution in [1.29, 1.82) is 0 Å². The van der Waals surface area contributed by atoms with Gasteiger partial charge in [-0.05, 0) is 24.3 Å². The lowest BCUT2D eigenvalue weighted by Crippen LogP contribution is -2.30. The van der Waals surface area contributed by atoms with Crippen molar-refractivity contribution in [3.8, 4) is 11.3 Å². The summed E-state index contributed by atoms with van der Waals surface area (Å²) in [4.78, 5) is 10.5. The lowest BCUT2D eigenvalue weighted by Gasteiger charge is -2.21. The summed E-state index contributed by atoms with van der Waals surface area (Å²) in [5.41, 5.74) is 2.84. The first-order chi connectivity index (χ1) is 13.6. The quantitative estimate of drug-likeness (QED) is 0.465. The van der Waals surface area contributed by atoms with E-state index in [-0.39, 0.29) is 18.6 Å². The maximum absolute atomic E-state index is 9.68. The number of hydrogen-bond acceptors (Lipinski definition) is 6. The standard InChI is InChI=1S/C22H26N4OS/c1-15(2)19(14-27)25-22-24-18(16-9-5-4-6-10-16)13-21(26-22)23-17-11-7-8-12-20(17)28-3/h4-13,15,19,27H,14H2,1-3H3,(H2,23,24,25,26)/t19-/m1/s1. The Morgan fingerprint density at radius 3 is 2.39 bits per heavy atom. The number of thioether (sulfide) groups is 1. The van der Waals surface area contributed by atoms with E-state index in [0.717, 1.165) is 21.8 Å². The van der Waals surface area contributed by atoms with Gasteiger partial charge in [-0.1, -0.05) is 56.3 Å². The van der Waals surface area contributed by atoms with Crippen molar-refractivity contribution >= 4 is 29.2 Å². The van der Waals surface area contributed by atoms with Crippen LogP contribution >= 0.6 is 11.8 Å². The van der Waals surface area contributed by atoms with E-state index < -0.39 is 0 Å². The molecule has 6 heteroatoms. The van der Waals surface area contributed by atoms with Gasteiger partial charge >= 0.3 is 0 Å². The van der Waals surface area contributed by atoms with Crippen LogP contribution in [0.25, 0.3) is 11.3 Å². The molecule has 5 nitrogen and oxygen atoms in total. The van der Waals surface area contributed by atoms with Gasteiger partial charge in [-0.25, -0.2) is 4.98 Å². The second kappa shape index (κ2) is 9.57. The Morgan fingerprint density at radius 1 is 1.00 bits per heavy atom. The van der Waals surface area contributed by atoms with E-state index in [4.69, 9.17) is 0 Å². The lowest BCUT2D eigenvalue weighted by molar-refractivity contribution is 0.248. The number of rotatable bonds is 8. The normalized spacial score (nSPS) is 12.0. The highest BCUT2D eigenvalue weighted by atomic mass is 32.2. The maximum atomic E-state index is 9.68. The van der Waals surface area contributed by atoms with Gasteiger partial charge in [0.1, 0.15) is 5.82 Å². The molecule has 0 amide bonds. The summed E-state index contributed by atoms with van der Waals surface area (Å²) in [6.45, 7) is 4.14. The van der Waals surface area contributed by atoms with Gasteiger partial charge in [-0.2, -0.15) is 4.98 Å². The average molecular weight is 395 g/mol. The molecule has 0 aliphatic rings. The Balaban J connectivity index is 1.99. The highest BCUT2D eigenvalue weighted by molar-refractivity contribution is 7.98. The molecule has 3 rings (SSSR count). The van der Waals surface area contributed by atoms with E-state index in [1.165, 1.54) is 0 Å². The summed E-state index contributed by atoms with van der Waals surface area (Å²) in [6, 6.07) is 20.0. The Bertz CT molecular complexity index is 902. The van der Waals surface area contributed by atoms with Gasteiger partial charge < -0.3 is 15.7 Å². The number of aliphatic hydroxyl groups is 1. The van der Waals surface area contributed by atoms with Crippen LogP contribution in [-0.2, 0) is 0 Å². The fraction of sp³-hybridized carbons (Fsp3) is 0.273. The number of benzene rings is 2. The minimum absolute atomic E-state index is 0.0225. The number of aromatic nitrogens is 2. The molecule has 3 N–H and O–H groups in total. The van der Waals surface area contributed by atoms with Crippen molar-refractivity contribution in [2.24, 2.45) is 5.92 Å². The molecule has 0 aliphatic carbocycles. The van der Waals surface area contributed by atoms with E-state index in [0.29, 0.717) is 11.8 Å². The van der Waals surface area contributed by atoms with Crippen LogP contribution in [0, 0.1) is 5.92 Å². The van der Waals surface area contributed by atoms with Crippen molar-refractivity contribution in [3.05, 3.63) is 60.7 Å². The van der Waals surface area contributed by atoms with Crippen LogP contribution in [0.5, 0.6) is 0 Å². The third-order valence-electron chi connectivity index (χ3n) is 4.48. The Morgan fingerprint density at radius 2 is 1.71 bits per heavy atom. The third-order valence-corrected chi connectivity index (χ3v) is 5.28. The van der Waals surface area contributed by atoms with Crippen LogP contribution in [0.15, 0.2) is 65.6 Å².